The number of aryl methyl sites for hydroxylation is 2. The second-order valence-electron chi connectivity index (χ2n) is 9.64. The van der Waals surface area contributed by atoms with Crippen molar-refractivity contribution in [2.75, 3.05) is 0 Å². The summed E-state index contributed by atoms with van der Waals surface area (Å²) in [6.45, 7) is 4.57. The van der Waals surface area contributed by atoms with E-state index >= 15 is 0 Å². The second kappa shape index (κ2) is 11.4. The number of pyridine rings is 1. The molecule has 1 fully saturated rings. The van der Waals surface area contributed by atoms with Crippen LogP contribution in [0.3, 0.4) is 0 Å². The summed E-state index contributed by atoms with van der Waals surface area (Å²) >= 11 is 0. The van der Waals surface area contributed by atoms with Crippen molar-refractivity contribution in [3.8, 4) is 5.75 Å². The molecule has 0 spiro atoms. The summed E-state index contributed by atoms with van der Waals surface area (Å²) in [5, 5.41) is 11.5. The van der Waals surface area contributed by atoms with Crippen LogP contribution in [-0.2, 0) is 29.2 Å². The number of amides is 1. The fraction of sp³-hybridized carbons (Fsp3) is 0.182. The van der Waals surface area contributed by atoms with Gasteiger partial charge in [-0.25, -0.2) is 0 Å². The van der Waals surface area contributed by atoms with E-state index in [1.807, 2.05) is 67.6 Å². The molecule has 0 bridgehead atoms. The fourth-order valence-corrected chi connectivity index (χ4v) is 4.86. The molecule has 1 amide bonds. The number of hydrogen-bond donors (Lipinski definition) is 1. The van der Waals surface area contributed by atoms with Crippen LogP contribution in [0.15, 0.2) is 103 Å². The minimum absolute atomic E-state index is 0.0745. The minimum atomic E-state index is -0.731. The monoisotopic (exact) mass is 518 g/mol. The van der Waals surface area contributed by atoms with E-state index in [1.54, 1.807) is 36.7 Å². The van der Waals surface area contributed by atoms with Crippen molar-refractivity contribution in [3.63, 3.8) is 0 Å². The highest BCUT2D eigenvalue weighted by Crippen LogP contribution is 2.40. The Morgan fingerprint density at radius 1 is 0.923 bits per heavy atom. The van der Waals surface area contributed by atoms with Gasteiger partial charge in [0.2, 0.25) is 0 Å². The highest BCUT2D eigenvalue weighted by atomic mass is 16.5. The number of Topliss-reactive ketones (excluding diaryl/α,β-unsaturated/α-hetero) is 1. The van der Waals surface area contributed by atoms with Crippen LogP contribution < -0.4 is 4.74 Å². The van der Waals surface area contributed by atoms with E-state index in [0.29, 0.717) is 17.9 Å². The van der Waals surface area contributed by atoms with Gasteiger partial charge in [0.15, 0.2) is 0 Å². The molecule has 3 aromatic carbocycles. The van der Waals surface area contributed by atoms with Crippen LogP contribution in [0, 0.1) is 6.92 Å². The summed E-state index contributed by atoms with van der Waals surface area (Å²) in [5.41, 5.74) is 5.08. The van der Waals surface area contributed by atoms with E-state index in [0.717, 1.165) is 34.2 Å². The van der Waals surface area contributed by atoms with Gasteiger partial charge in [0.25, 0.3) is 11.7 Å². The molecule has 2 heterocycles. The highest BCUT2D eigenvalue weighted by molar-refractivity contribution is 6.46. The van der Waals surface area contributed by atoms with Gasteiger partial charge in [-0.1, -0.05) is 67.6 Å². The summed E-state index contributed by atoms with van der Waals surface area (Å²) < 4.78 is 5.98. The molecule has 1 aliphatic rings. The lowest BCUT2D eigenvalue weighted by Gasteiger charge is -2.25. The SMILES string of the molecule is CCc1ccc(C2/C(=C(\O)c3ccc(OCc4ccccc4)c(C)c3)C(=O)C(=O)N2Cc2cccnc2)cc1. The number of carbonyl (C=O) groups is 2. The van der Waals surface area contributed by atoms with Crippen LogP contribution in [-0.4, -0.2) is 26.7 Å². The molecule has 1 unspecified atom stereocenters. The molecule has 6 heteroatoms. The summed E-state index contributed by atoms with van der Waals surface area (Å²) in [4.78, 5) is 32.3. The molecule has 0 radical (unpaired) electrons. The smallest absolute Gasteiger partial charge is 0.295 e. The Balaban J connectivity index is 1.52. The van der Waals surface area contributed by atoms with Crippen LogP contribution in [0.5, 0.6) is 5.75 Å². The number of ketones is 1. The average molecular weight is 519 g/mol. The molecular formula is C33H30N2O4. The quantitative estimate of drug-likeness (QED) is 0.172. The first kappa shape index (κ1) is 25.9. The Labute approximate surface area is 228 Å². The first-order valence-corrected chi connectivity index (χ1v) is 13.0. The predicted molar refractivity (Wildman–Crippen MR) is 150 cm³/mol. The van der Waals surface area contributed by atoms with Crippen molar-refractivity contribution in [2.24, 2.45) is 0 Å². The lowest BCUT2D eigenvalue weighted by Crippen LogP contribution is -2.29. The zero-order chi connectivity index (χ0) is 27.4. The molecule has 0 saturated carbocycles. The van der Waals surface area contributed by atoms with Crippen LogP contribution in [0.25, 0.3) is 5.76 Å². The molecule has 196 valence electrons. The molecule has 6 nitrogen and oxygen atoms in total. The minimum Gasteiger partial charge on any atom is -0.507 e. The molecule has 5 rings (SSSR count). The number of aliphatic hydroxyl groups excluding tert-OH is 1. The number of benzene rings is 3. The number of hydrogen-bond acceptors (Lipinski definition) is 5. The number of aliphatic hydroxyl groups is 1. The van der Waals surface area contributed by atoms with Gasteiger partial charge in [0.1, 0.15) is 18.1 Å². The number of likely N-dealkylation sites (tertiary alicyclic amines) is 1. The maximum absolute atomic E-state index is 13.4. The lowest BCUT2D eigenvalue weighted by molar-refractivity contribution is -0.140. The molecule has 1 saturated heterocycles. The number of aromatic nitrogens is 1. The lowest BCUT2D eigenvalue weighted by atomic mass is 9.94. The number of ether oxygens (including phenoxy) is 1. The van der Waals surface area contributed by atoms with Crippen molar-refractivity contribution in [1.29, 1.82) is 0 Å². The second-order valence-corrected chi connectivity index (χ2v) is 9.64. The van der Waals surface area contributed by atoms with Crippen LogP contribution in [0.4, 0.5) is 0 Å². The Hall–Kier alpha value is -4.71. The van der Waals surface area contributed by atoms with Gasteiger partial charge < -0.3 is 14.7 Å². The molecule has 1 atom stereocenters. The third-order valence-corrected chi connectivity index (χ3v) is 7.00. The number of rotatable bonds is 8. The summed E-state index contributed by atoms with van der Waals surface area (Å²) in [7, 11) is 0. The van der Waals surface area contributed by atoms with Crippen molar-refractivity contribution in [3.05, 3.63) is 136 Å². The van der Waals surface area contributed by atoms with Crippen LogP contribution in [0.1, 0.15) is 46.3 Å². The van der Waals surface area contributed by atoms with Crippen molar-refractivity contribution in [1.82, 2.24) is 9.88 Å². The zero-order valence-corrected chi connectivity index (χ0v) is 22.0. The Morgan fingerprint density at radius 2 is 1.67 bits per heavy atom. The third-order valence-electron chi connectivity index (χ3n) is 7.00. The van der Waals surface area contributed by atoms with Gasteiger partial charge in [0, 0.05) is 24.5 Å². The first-order chi connectivity index (χ1) is 19.0. The normalized spacial score (nSPS) is 16.5. The first-order valence-electron chi connectivity index (χ1n) is 13.0. The van der Waals surface area contributed by atoms with E-state index in [-0.39, 0.29) is 17.9 Å². The van der Waals surface area contributed by atoms with Gasteiger partial charge in [-0.3, -0.25) is 14.6 Å². The maximum Gasteiger partial charge on any atom is 0.295 e. The van der Waals surface area contributed by atoms with E-state index in [9.17, 15) is 14.7 Å². The zero-order valence-electron chi connectivity index (χ0n) is 22.0. The maximum atomic E-state index is 13.4. The number of nitrogens with zero attached hydrogens (tertiary/aromatic N) is 2. The van der Waals surface area contributed by atoms with Crippen molar-refractivity contribution in [2.45, 2.75) is 39.5 Å². The van der Waals surface area contributed by atoms with Crippen molar-refractivity contribution >= 4 is 17.4 Å². The molecule has 39 heavy (non-hydrogen) atoms. The summed E-state index contributed by atoms with van der Waals surface area (Å²) in [6.07, 6.45) is 4.20. The standard InChI is InChI=1S/C33H30N2O4/c1-3-23-11-13-26(14-12-23)30-29(32(37)33(38)35(30)20-25-10-7-17-34-19-25)31(36)27-15-16-28(22(2)18-27)39-21-24-8-5-4-6-9-24/h4-19,30,36H,3,20-21H2,1-2H3/b31-29+. The van der Waals surface area contributed by atoms with E-state index in [4.69, 9.17) is 4.74 Å². The van der Waals surface area contributed by atoms with E-state index < -0.39 is 17.7 Å². The average Bonchev–Trinajstić information content (AvgIpc) is 3.22. The molecular weight excluding hydrogens is 488 g/mol. The molecule has 1 aliphatic heterocycles. The third kappa shape index (κ3) is 5.46. The van der Waals surface area contributed by atoms with Crippen LogP contribution >= 0.6 is 0 Å². The van der Waals surface area contributed by atoms with Gasteiger partial charge in [-0.05, 0) is 65.4 Å². The largest absolute Gasteiger partial charge is 0.507 e. The Morgan fingerprint density at radius 3 is 2.33 bits per heavy atom. The molecule has 1 aromatic heterocycles. The Bertz CT molecular complexity index is 1510. The van der Waals surface area contributed by atoms with Gasteiger partial charge in [0.05, 0.1) is 11.6 Å². The predicted octanol–water partition coefficient (Wildman–Crippen LogP) is 6.15. The van der Waals surface area contributed by atoms with Gasteiger partial charge >= 0.3 is 0 Å². The summed E-state index contributed by atoms with van der Waals surface area (Å²) in [6, 6.07) is 25.9. The topological polar surface area (TPSA) is 79.7 Å². The van der Waals surface area contributed by atoms with E-state index in [2.05, 4.69) is 11.9 Å². The van der Waals surface area contributed by atoms with Gasteiger partial charge in [-0.15, -0.1) is 0 Å². The highest BCUT2D eigenvalue weighted by Gasteiger charge is 2.46. The van der Waals surface area contributed by atoms with E-state index in [1.165, 1.54) is 4.90 Å². The van der Waals surface area contributed by atoms with Crippen LogP contribution in [0.2, 0.25) is 0 Å². The fourth-order valence-electron chi connectivity index (χ4n) is 4.86. The number of carbonyl (C=O) groups excluding carboxylic acids is 2. The molecule has 1 N–H and O–H groups in total. The molecule has 4 aromatic rings. The Kier molecular flexibility index (Phi) is 7.55. The molecule has 0 aliphatic carbocycles. The van der Waals surface area contributed by atoms with Gasteiger partial charge in [-0.2, -0.15) is 0 Å². The van der Waals surface area contributed by atoms with Crippen molar-refractivity contribution < 1.29 is 19.4 Å². The summed E-state index contributed by atoms with van der Waals surface area (Å²) in [5.74, 6) is -0.879.